The summed E-state index contributed by atoms with van der Waals surface area (Å²) in [6.45, 7) is 13.5. The zero-order chi connectivity index (χ0) is 45.6. The smallest absolute Gasteiger partial charge is 0.148 e. The van der Waals surface area contributed by atoms with Gasteiger partial charge in [-0.3, -0.25) is 9.55 Å². The maximum Gasteiger partial charge on any atom is 0.148 e. The van der Waals surface area contributed by atoms with Crippen LogP contribution in [0.25, 0.3) is 83.9 Å². The number of imidazole rings is 1. The molecule has 1 saturated carbocycles. The molecule has 4 nitrogen and oxygen atoms in total. The maximum atomic E-state index is 12.3. The van der Waals surface area contributed by atoms with E-state index < -0.39 is 0 Å². The molecule has 338 valence electrons. The molecule has 0 amide bonds. The van der Waals surface area contributed by atoms with Crippen LogP contribution in [0.15, 0.2) is 170 Å². The molecule has 0 bridgehead atoms. The molecule has 0 radical (unpaired) electrons. The van der Waals surface area contributed by atoms with Crippen LogP contribution < -0.4 is 0 Å². The Morgan fingerprint density at radius 1 is 0.537 bits per heavy atom. The number of fused-ring (bicyclic) bond motifs is 1. The molecule has 0 saturated heterocycles. The number of phenols is 1. The standard InChI is InChI=1S/C62H58N3O.Pt/c1-61(2,3)49-32-33-56(54(40-49)45-22-14-9-15-23-45)65-57-27-17-24-51(58(57)64-60(65)53-26-16-25-52(59(53)66)44-20-12-8-13-21-44)47-36-48(38-50(37-47)62(4,5)6)55-39-46(34-35-63-55)43-30-28-42(29-31-43)41-18-10-7-11-19-41;/h8-9,12-17,20-35,37-41,66H,7,10-11,18-19H2,1-6H3;/q-1;. The molecule has 9 aromatic rings. The van der Waals surface area contributed by atoms with Crippen molar-refractivity contribution in [2.45, 2.75) is 90.4 Å². The van der Waals surface area contributed by atoms with Gasteiger partial charge in [-0.05, 0) is 93.3 Å². The fraction of sp³-hybridized carbons (Fsp3) is 0.226. The summed E-state index contributed by atoms with van der Waals surface area (Å²) in [6, 6.07) is 61.8. The first-order valence-corrected chi connectivity index (χ1v) is 23.7. The normalized spacial score (nSPS) is 13.4. The molecule has 5 heteroatoms. The maximum absolute atomic E-state index is 12.3. The van der Waals surface area contributed by atoms with Crippen molar-refractivity contribution in [1.82, 2.24) is 14.5 Å². The first kappa shape index (κ1) is 45.8. The largest absolute Gasteiger partial charge is 0.507 e. The minimum atomic E-state index is -0.160. The number of hydrogen-bond donors (Lipinski definition) is 1. The van der Waals surface area contributed by atoms with E-state index in [9.17, 15) is 5.11 Å². The van der Waals surface area contributed by atoms with Crippen molar-refractivity contribution >= 4 is 11.0 Å². The molecule has 0 spiro atoms. The van der Waals surface area contributed by atoms with Gasteiger partial charge in [0.25, 0.3) is 0 Å². The van der Waals surface area contributed by atoms with Crippen molar-refractivity contribution < 1.29 is 26.2 Å². The van der Waals surface area contributed by atoms with E-state index in [0.717, 1.165) is 66.9 Å². The number of para-hydroxylation sites is 2. The molecule has 0 aliphatic heterocycles. The van der Waals surface area contributed by atoms with Crippen LogP contribution in [-0.2, 0) is 31.9 Å². The second kappa shape index (κ2) is 18.7. The predicted molar refractivity (Wildman–Crippen MR) is 275 cm³/mol. The molecule has 0 atom stereocenters. The Bertz CT molecular complexity index is 3190. The number of benzene rings is 7. The second-order valence-corrected chi connectivity index (χ2v) is 20.2. The van der Waals surface area contributed by atoms with Crippen molar-refractivity contribution in [3.05, 3.63) is 193 Å². The Balaban J connectivity index is 0.00000562. The van der Waals surface area contributed by atoms with Crippen molar-refractivity contribution in [1.29, 1.82) is 0 Å². The number of rotatable bonds is 8. The average Bonchev–Trinajstić information content (AvgIpc) is 3.73. The van der Waals surface area contributed by atoms with Gasteiger partial charge in [0.1, 0.15) is 11.6 Å². The quantitative estimate of drug-likeness (QED) is 0.154. The fourth-order valence-corrected chi connectivity index (χ4v) is 9.79. The Labute approximate surface area is 411 Å². The van der Waals surface area contributed by atoms with Gasteiger partial charge in [0.15, 0.2) is 0 Å². The zero-order valence-electron chi connectivity index (χ0n) is 39.4. The third kappa shape index (κ3) is 9.22. The van der Waals surface area contributed by atoms with Gasteiger partial charge in [-0.2, -0.15) is 0 Å². The summed E-state index contributed by atoms with van der Waals surface area (Å²) < 4.78 is 2.25. The van der Waals surface area contributed by atoms with E-state index >= 15 is 0 Å². The van der Waals surface area contributed by atoms with Gasteiger partial charge >= 0.3 is 0 Å². The molecular weight excluding hydrogens is 998 g/mol. The van der Waals surface area contributed by atoms with Crippen LogP contribution in [0.1, 0.15) is 96.3 Å². The SMILES string of the molecule is CC(C)(C)c1cc(-c2cc(-c3ccc(C4CCCCC4)cc3)ccn2)[c-]c(-c2cccc3c2nc(-c2cccc(-c4ccccc4)c2O)n3-c2ccc(C(C)(C)C)cc2-c2ccccc2)c1.[Pt]. The first-order valence-electron chi connectivity index (χ1n) is 23.7. The fourth-order valence-electron chi connectivity index (χ4n) is 9.79. The molecule has 10 rings (SSSR count). The number of hydrogen-bond acceptors (Lipinski definition) is 3. The molecule has 7 aromatic carbocycles. The minimum absolute atomic E-state index is 0. The van der Waals surface area contributed by atoms with Crippen LogP contribution in [0.3, 0.4) is 0 Å². The van der Waals surface area contributed by atoms with E-state index in [1.165, 1.54) is 54.4 Å². The third-order valence-electron chi connectivity index (χ3n) is 13.6. The van der Waals surface area contributed by atoms with Crippen molar-refractivity contribution in [2.75, 3.05) is 0 Å². The van der Waals surface area contributed by atoms with Gasteiger partial charge in [0.2, 0.25) is 0 Å². The van der Waals surface area contributed by atoms with E-state index in [1.54, 1.807) is 0 Å². The van der Waals surface area contributed by atoms with Crippen LogP contribution in [0.4, 0.5) is 0 Å². The molecular formula is C62H58N3OPt-. The summed E-state index contributed by atoms with van der Waals surface area (Å²) in [5.74, 6) is 1.52. The number of aromatic hydroxyl groups is 1. The Morgan fingerprint density at radius 2 is 1.16 bits per heavy atom. The van der Waals surface area contributed by atoms with Gasteiger partial charge in [-0.15, -0.1) is 29.3 Å². The minimum Gasteiger partial charge on any atom is -0.507 e. The second-order valence-electron chi connectivity index (χ2n) is 20.2. The predicted octanol–water partition coefficient (Wildman–Crippen LogP) is 16.6. The molecule has 1 fully saturated rings. The summed E-state index contributed by atoms with van der Waals surface area (Å²) in [7, 11) is 0. The molecule has 2 aromatic heterocycles. The van der Waals surface area contributed by atoms with E-state index in [2.05, 4.69) is 167 Å². The first-order chi connectivity index (χ1) is 31.9. The number of phenolic OH excluding ortho intramolecular Hbond substituents is 1. The van der Waals surface area contributed by atoms with Crippen molar-refractivity contribution in [3.8, 4) is 78.6 Å². The van der Waals surface area contributed by atoms with Crippen LogP contribution >= 0.6 is 0 Å². The van der Waals surface area contributed by atoms with E-state index in [-0.39, 0.29) is 37.6 Å². The summed E-state index contributed by atoms with van der Waals surface area (Å²) in [5, 5.41) is 12.3. The van der Waals surface area contributed by atoms with E-state index in [1.807, 2.05) is 54.7 Å². The molecule has 1 aliphatic rings. The van der Waals surface area contributed by atoms with Gasteiger partial charge in [-0.1, -0.05) is 193 Å². The number of nitrogens with zero attached hydrogens (tertiary/aromatic N) is 3. The zero-order valence-corrected chi connectivity index (χ0v) is 41.7. The Kier molecular flexibility index (Phi) is 12.8. The van der Waals surface area contributed by atoms with Gasteiger partial charge < -0.3 is 5.11 Å². The number of aromatic nitrogens is 3. The summed E-state index contributed by atoms with van der Waals surface area (Å²) in [5.41, 5.74) is 17.0. The van der Waals surface area contributed by atoms with Gasteiger partial charge in [-0.25, -0.2) is 4.98 Å². The average molecular weight is 1060 g/mol. The van der Waals surface area contributed by atoms with Crippen LogP contribution in [-0.4, -0.2) is 19.6 Å². The van der Waals surface area contributed by atoms with Crippen molar-refractivity contribution in [3.63, 3.8) is 0 Å². The molecule has 1 aliphatic carbocycles. The third-order valence-corrected chi connectivity index (χ3v) is 13.6. The van der Waals surface area contributed by atoms with Crippen molar-refractivity contribution in [2.24, 2.45) is 0 Å². The number of pyridine rings is 1. The van der Waals surface area contributed by atoms with Crippen LogP contribution in [0.2, 0.25) is 0 Å². The Hall–Kier alpha value is -6.35. The summed E-state index contributed by atoms with van der Waals surface area (Å²) in [6.07, 6.45) is 8.53. The molecule has 0 unspecified atom stereocenters. The van der Waals surface area contributed by atoms with E-state index in [0.29, 0.717) is 17.3 Å². The topological polar surface area (TPSA) is 50.9 Å². The van der Waals surface area contributed by atoms with E-state index in [4.69, 9.17) is 9.97 Å². The van der Waals surface area contributed by atoms with Gasteiger partial charge in [0, 0.05) is 44.1 Å². The van der Waals surface area contributed by atoms with Crippen LogP contribution in [0, 0.1) is 6.07 Å². The summed E-state index contributed by atoms with van der Waals surface area (Å²) >= 11 is 0. The monoisotopic (exact) mass is 1060 g/mol. The van der Waals surface area contributed by atoms with Gasteiger partial charge in [0.05, 0.1) is 22.3 Å². The Morgan fingerprint density at radius 3 is 1.85 bits per heavy atom. The molecule has 2 heterocycles. The molecule has 67 heavy (non-hydrogen) atoms. The van der Waals surface area contributed by atoms with Crippen LogP contribution in [0.5, 0.6) is 5.75 Å². The summed E-state index contributed by atoms with van der Waals surface area (Å²) in [4.78, 5) is 10.6. The molecule has 1 N–H and O–H groups in total.